The van der Waals surface area contributed by atoms with Gasteiger partial charge in [-0.1, -0.05) is 44.9 Å². The highest BCUT2D eigenvalue weighted by Gasteiger charge is 2.20. The molecule has 1 aromatic rings. The molecule has 0 radical (unpaired) electrons. The number of nitrogens with one attached hydrogen (secondary N) is 1. The SMILES string of the molecule is CCCNC(c1ccc(OC)cc1Cl)C(C)CCC. The first-order chi connectivity index (χ1) is 9.13. The number of methoxy groups -OCH3 is 1. The summed E-state index contributed by atoms with van der Waals surface area (Å²) < 4.78 is 5.21. The number of hydrogen-bond acceptors (Lipinski definition) is 2. The summed E-state index contributed by atoms with van der Waals surface area (Å²) in [7, 11) is 1.66. The summed E-state index contributed by atoms with van der Waals surface area (Å²) in [6.07, 6.45) is 3.52. The van der Waals surface area contributed by atoms with Crippen molar-refractivity contribution < 1.29 is 4.74 Å². The Morgan fingerprint density at radius 1 is 1.26 bits per heavy atom. The van der Waals surface area contributed by atoms with Crippen molar-refractivity contribution in [2.24, 2.45) is 5.92 Å². The number of benzene rings is 1. The fraction of sp³-hybridized carbons (Fsp3) is 0.625. The highest BCUT2D eigenvalue weighted by atomic mass is 35.5. The van der Waals surface area contributed by atoms with Crippen LogP contribution in [0.15, 0.2) is 18.2 Å². The summed E-state index contributed by atoms with van der Waals surface area (Å²) in [5.41, 5.74) is 1.18. The zero-order valence-corrected chi connectivity index (χ0v) is 13.3. The zero-order valence-electron chi connectivity index (χ0n) is 12.5. The summed E-state index contributed by atoms with van der Waals surface area (Å²) in [5.74, 6) is 1.38. The van der Waals surface area contributed by atoms with Crippen LogP contribution in [0.25, 0.3) is 0 Å². The van der Waals surface area contributed by atoms with Crippen molar-refractivity contribution in [1.82, 2.24) is 5.32 Å². The van der Waals surface area contributed by atoms with Crippen molar-refractivity contribution in [3.63, 3.8) is 0 Å². The Bertz CT molecular complexity index is 381. The molecule has 3 heteroatoms. The molecule has 19 heavy (non-hydrogen) atoms. The van der Waals surface area contributed by atoms with Crippen LogP contribution < -0.4 is 10.1 Å². The molecule has 0 aliphatic rings. The van der Waals surface area contributed by atoms with E-state index in [1.165, 1.54) is 18.4 Å². The van der Waals surface area contributed by atoms with Gasteiger partial charge in [-0.25, -0.2) is 0 Å². The van der Waals surface area contributed by atoms with E-state index >= 15 is 0 Å². The second-order valence-corrected chi connectivity index (χ2v) is 5.49. The Morgan fingerprint density at radius 2 is 2.00 bits per heavy atom. The van der Waals surface area contributed by atoms with Crippen LogP contribution in [-0.4, -0.2) is 13.7 Å². The van der Waals surface area contributed by atoms with Crippen molar-refractivity contribution in [1.29, 1.82) is 0 Å². The van der Waals surface area contributed by atoms with Crippen LogP contribution in [0, 0.1) is 5.92 Å². The monoisotopic (exact) mass is 283 g/mol. The van der Waals surface area contributed by atoms with Crippen molar-refractivity contribution in [3.8, 4) is 5.75 Å². The van der Waals surface area contributed by atoms with E-state index in [-0.39, 0.29) is 0 Å². The van der Waals surface area contributed by atoms with Crippen LogP contribution in [0.5, 0.6) is 5.75 Å². The van der Waals surface area contributed by atoms with Gasteiger partial charge in [0.05, 0.1) is 7.11 Å². The molecule has 2 unspecified atom stereocenters. The van der Waals surface area contributed by atoms with Crippen LogP contribution in [0.3, 0.4) is 0 Å². The second kappa shape index (κ2) is 8.44. The summed E-state index contributed by atoms with van der Waals surface area (Å²) >= 11 is 6.41. The van der Waals surface area contributed by atoms with Gasteiger partial charge in [0, 0.05) is 11.1 Å². The molecular weight excluding hydrogens is 258 g/mol. The van der Waals surface area contributed by atoms with Gasteiger partial charge >= 0.3 is 0 Å². The summed E-state index contributed by atoms with van der Waals surface area (Å²) in [5, 5.41) is 4.41. The van der Waals surface area contributed by atoms with E-state index in [1.807, 2.05) is 12.1 Å². The third kappa shape index (κ3) is 4.70. The van der Waals surface area contributed by atoms with E-state index in [9.17, 15) is 0 Å². The maximum absolute atomic E-state index is 6.41. The van der Waals surface area contributed by atoms with E-state index in [0.29, 0.717) is 12.0 Å². The fourth-order valence-corrected chi connectivity index (χ4v) is 2.71. The molecule has 0 aliphatic heterocycles. The summed E-state index contributed by atoms with van der Waals surface area (Å²) in [4.78, 5) is 0. The third-order valence-electron chi connectivity index (χ3n) is 3.47. The molecule has 0 fully saturated rings. The van der Waals surface area contributed by atoms with Gasteiger partial charge in [-0.05, 0) is 43.0 Å². The molecule has 2 nitrogen and oxygen atoms in total. The average Bonchev–Trinajstić information content (AvgIpc) is 2.40. The van der Waals surface area contributed by atoms with Crippen molar-refractivity contribution in [2.75, 3.05) is 13.7 Å². The molecule has 108 valence electrons. The first kappa shape index (κ1) is 16.3. The molecule has 0 saturated heterocycles. The molecule has 1 aromatic carbocycles. The fourth-order valence-electron chi connectivity index (χ4n) is 2.43. The number of hydrogen-bond donors (Lipinski definition) is 1. The van der Waals surface area contributed by atoms with Gasteiger partial charge in [0.25, 0.3) is 0 Å². The normalized spacial score (nSPS) is 14.2. The summed E-state index contributed by atoms with van der Waals surface area (Å²) in [6.45, 7) is 7.71. The Morgan fingerprint density at radius 3 is 2.53 bits per heavy atom. The molecule has 0 aromatic heterocycles. The first-order valence-corrected chi connectivity index (χ1v) is 7.58. The molecular formula is C16H26ClNO. The van der Waals surface area contributed by atoms with Crippen molar-refractivity contribution >= 4 is 11.6 Å². The van der Waals surface area contributed by atoms with E-state index in [4.69, 9.17) is 16.3 Å². The lowest BCUT2D eigenvalue weighted by molar-refractivity contribution is 0.362. The highest BCUT2D eigenvalue weighted by Crippen LogP contribution is 2.33. The van der Waals surface area contributed by atoms with Crippen LogP contribution in [0.1, 0.15) is 51.6 Å². The van der Waals surface area contributed by atoms with Crippen LogP contribution in [0.4, 0.5) is 0 Å². The predicted molar refractivity (Wildman–Crippen MR) is 83.1 cm³/mol. The lowest BCUT2D eigenvalue weighted by atomic mass is 9.90. The molecule has 0 spiro atoms. The van der Waals surface area contributed by atoms with Gasteiger partial charge in [-0.3, -0.25) is 0 Å². The minimum Gasteiger partial charge on any atom is -0.497 e. The second-order valence-electron chi connectivity index (χ2n) is 5.09. The van der Waals surface area contributed by atoms with Crippen molar-refractivity contribution in [3.05, 3.63) is 28.8 Å². The predicted octanol–water partition coefficient (Wildman–Crippen LogP) is 4.83. The number of rotatable bonds is 8. The van der Waals surface area contributed by atoms with Crippen LogP contribution in [0.2, 0.25) is 5.02 Å². The molecule has 1 N–H and O–H groups in total. The molecule has 0 aliphatic carbocycles. The van der Waals surface area contributed by atoms with E-state index in [2.05, 4.69) is 32.2 Å². The van der Waals surface area contributed by atoms with Crippen LogP contribution in [-0.2, 0) is 0 Å². The maximum atomic E-state index is 6.41. The van der Waals surface area contributed by atoms with Crippen molar-refractivity contribution in [2.45, 2.75) is 46.1 Å². The van der Waals surface area contributed by atoms with Crippen LogP contribution >= 0.6 is 11.6 Å². The standard InChI is InChI=1S/C16H26ClNO/c1-5-7-12(3)16(18-10-6-2)14-9-8-13(19-4)11-15(14)17/h8-9,11-12,16,18H,5-7,10H2,1-4H3. The smallest absolute Gasteiger partial charge is 0.120 e. The van der Waals surface area contributed by atoms with E-state index in [1.54, 1.807) is 7.11 Å². The van der Waals surface area contributed by atoms with Gasteiger partial charge in [-0.2, -0.15) is 0 Å². The lowest BCUT2D eigenvalue weighted by Gasteiger charge is -2.26. The largest absolute Gasteiger partial charge is 0.497 e. The first-order valence-electron chi connectivity index (χ1n) is 7.20. The Labute approximate surface area is 122 Å². The molecule has 0 heterocycles. The molecule has 0 amide bonds. The Hall–Kier alpha value is -0.730. The average molecular weight is 284 g/mol. The molecule has 2 atom stereocenters. The van der Waals surface area contributed by atoms with Gasteiger partial charge in [-0.15, -0.1) is 0 Å². The molecule has 0 saturated carbocycles. The Balaban J connectivity index is 2.95. The number of ether oxygens (including phenoxy) is 1. The van der Waals surface area contributed by atoms with Gasteiger partial charge < -0.3 is 10.1 Å². The zero-order chi connectivity index (χ0) is 14.3. The molecule has 1 rings (SSSR count). The maximum Gasteiger partial charge on any atom is 0.120 e. The third-order valence-corrected chi connectivity index (χ3v) is 3.80. The molecule has 0 bridgehead atoms. The number of halogens is 1. The quantitative estimate of drug-likeness (QED) is 0.738. The minimum absolute atomic E-state index is 0.318. The highest BCUT2D eigenvalue weighted by molar-refractivity contribution is 6.31. The minimum atomic E-state index is 0.318. The van der Waals surface area contributed by atoms with Gasteiger partial charge in [0.1, 0.15) is 5.75 Å². The van der Waals surface area contributed by atoms with Gasteiger partial charge in [0.15, 0.2) is 0 Å². The van der Waals surface area contributed by atoms with Gasteiger partial charge in [0.2, 0.25) is 0 Å². The Kier molecular flexibility index (Phi) is 7.25. The lowest BCUT2D eigenvalue weighted by Crippen LogP contribution is -2.28. The topological polar surface area (TPSA) is 21.3 Å². The summed E-state index contributed by atoms with van der Waals surface area (Å²) in [6, 6.07) is 6.29. The van der Waals surface area contributed by atoms with E-state index < -0.39 is 0 Å². The van der Waals surface area contributed by atoms with E-state index in [0.717, 1.165) is 23.7 Å².